The van der Waals surface area contributed by atoms with Crippen molar-refractivity contribution in [2.75, 3.05) is 0 Å². The van der Waals surface area contributed by atoms with Crippen molar-refractivity contribution >= 4 is 16.9 Å². The quantitative estimate of drug-likeness (QED) is 0.881. The molecule has 1 heterocycles. The molecule has 1 fully saturated rings. The van der Waals surface area contributed by atoms with Crippen LogP contribution in [0.5, 0.6) is 0 Å². The summed E-state index contributed by atoms with van der Waals surface area (Å²) in [4.78, 5) is 31.1. The Kier molecular flexibility index (Phi) is 3.73. The van der Waals surface area contributed by atoms with Crippen molar-refractivity contribution in [3.05, 3.63) is 40.4 Å². The zero-order valence-corrected chi connectivity index (χ0v) is 12.0. The van der Waals surface area contributed by atoms with E-state index in [4.69, 9.17) is 4.74 Å². The highest BCUT2D eigenvalue weighted by Gasteiger charge is 2.26. The van der Waals surface area contributed by atoms with Crippen molar-refractivity contribution in [3.8, 4) is 0 Å². The summed E-state index contributed by atoms with van der Waals surface area (Å²) in [5, 5.41) is 0.538. The minimum absolute atomic E-state index is 0.000344. The van der Waals surface area contributed by atoms with E-state index in [0.717, 1.165) is 25.7 Å². The Bertz CT molecular complexity index is 717. The van der Waals surface area contributed by atoms with Crippen LogP contribution in [0.1, 0.15) is 44.5 Å². The standard InChI is InChI=1S/C16H18N2O3/c1-10(21-16(20)11-6-2-3-7-11)14-17-13-9-5-4-8-12(13)15(19)18-14/h4-5,8-11H,2-3,6-7H2,1H3,(H,17,18,19)/t10-/m0/s1. The van der Waals surface area contributed by atoms with Gasteiger partial charge in [-0.25, -0.2) is 4.98 Å². The van der Waals surface area contributed by atoms with Crippen LogP contribution in [0.4, 0.5) is 0 Å². The van der Waals surface area contributed by atoms with Crippen LogP contribution in [0.2, 0.25) is 0 Å². The van der Waals surface area contributed by atoms with Crippen LogP contribution in [0.15, 0.2) is 29.1 Å². The van der Waals surface area contributed by atoms with Gasteiger partial charge in [0.25, 0.3) is 5.56 Å². The zero-order chi connectivity index (χ0) is 14.8. The molecule has 0 bridgehead atoms. The minimum Gasteiger partial charge on any atom is -0.454 e. The van der Waals surface area contributed by atoms with Gasteiger partial charge in [-0.1, -0.05) is 25.0 Å². The number of hydrogen-bond donors (Lipinski definition) is 1. The first-order valence-electron chi connectivity index (χ1n) is 7.34. The minimum atomic E-state index is -0.546. The maximum absolute atomic E-state index is 12.0. The monoisotopic (exact) mass is 286 g/mol. The van der Waals surface area contributed by atoms with Gasteiger partial charge in [0.15, 0.2) is 11.9 Å². The predicted molar refractivity (Wildman–Crippen MR) is 78.8 cm³/mol. The third-order valence-corrected chi connectivity index (χ3v) is 4.00. The Morgan fingerprint density at radius 3 is 2.81 bits per heavy atom. The topological polar surface area (TPSA) is 72.0 Å². The molecule has 1 aromatic heterocycles. The number of aromatic amines is 1. The lowest BCUT2D eigenvalue weighted by Gasteiger charge is -2.15. The normalized spacial score (nSPS) is 17.0. The first-order valence-corrected chi connectivity index (χ1v) is 7.34. The lowest BCUT2D eigenvalue weighted by Crippen LogP contribution is -2.20. The number of benzene rings is 1. The Balaban J connectivity index is 1.82. The highest BCUT2D eigenvalue weighted by atomic mass is 16.5. The van der Waals surface area contributed by atoms with Crippen molar-refractivity contribution in [1.29, 1.82) is 0 Å². The molecule has 110 valence electrons. The van der Waals surface area contributed by atoms with Crippen molar-refractivity contribution in [2.45, 2.75) is 38.7 Å². The van der Waals surface area contributed by atoms with E-state index in [9.17, 15) is 9.59 Å². The average molecular weight is 286 g/mol. The number of ether oxygens (including phenoxy) is 1. The van der Waals surface area contributed by atoms with Crippen LogP contribution in [0.3, 0.4) is 0 Å². The van der Waals surface area contributed by atoms with Gasteiger partial charge in [0.1, 0.15) is 0 Å². The second-order valence-corrected chi connectivity index (χ2v) is 5.53. The summed E-state index contributed by atoms with van der Waals surface area (Å²) in [7, 11) is 0. The van der Waals surface area contributed by atoms with E-state index in [1.54, 1.807) is 25.1 Å². The van der Waals surface area contributed by atoms with Gasteiger partial charge in [0.2, 0.25) is 0 Å². The average Bonchev–Trinajstić information content (AvgIpc) is 3.01. The van der Waals surface area contributed by atoms with Gasteiger partial charge >= 0.3 is 5.97 Å². The number of aromatic nitrogens is 2. The number of rotatable bonds is 3. The van der Waals surface area contributed by atoms with Crippen LogP contribution in [-0.2, 0) is 9.53 Å². The third kappa shape index (κ3) is 2.82. The van der Waals surface area contributed by atoms with Crippen LogP contribution < -0.4 is 5.56 Å². The van der Waals surface area contributed by atoms with E-state index in [1.165, 1.54) is 0 Å². The Hall–Kier alpha value is -2.17. The molecule has 3 rings (SSSR count). The third-order valence-electron chi connectivity index (χ3n) is 4.00. The molecule has 1 aliphatic carbocycles. The van der Waals surface area contributed by atoms with Gasteiger partial charge in [0, 0.05) is 0 Å². The van der Waals surface area contributed by atoms with Gasteiger partial charge in [-0.2, -0.15) is 0 Å². The summed E-state index contributed by atoms with van der Waals surface area (Å²) >= 11 is 0. The maximum Gasteiger partial charge on any atom is 0.309 e. The zero-order valence-electron chi connectivity index (χ0n) is 12.0. The molecular weight excluding hydrogens is 268 g/mol. The molecule has 5 heteroatoms. The number of fused-ring (bicyclic) bond motifs is 1. The van der Waals surface area contributed by atoms with E-state index in [-0.39, 0.29) is 17.4 Å². The molecule has 0 amide bonds. The fourth-order valence-electron chi connectivity index (χ4n) is 2.78. The Morgan fingerprint density at radius 2 is 2.05 bits per heavy atom. The lowest BCUT2D eigenvalue weighted by molar-refractivity contribution is -0.153. The molecule has 1 saturated carbocycles. The number of H-pyrrole nitrogens is 1. The van der Waals surface area contributed by atoms with Gasteiger partial charge in [-0.15, -0.1) is 0 Å². The SMILES string of the molecule is C[C@H](OC(=O)C1CCCC1)c1nc2ccccc2c(=O)[nH]1. The van der Waals surface area contributed by atoms with Crippen LogP contribution in [-0.4, -0.2) is 15.9 Å². The summed E-state index contributed by atoms with van der Waals surface area (Å²) in [5.74, 6) is 0.209. The van der Waals surface area contributed by atoms with E-state index in [0.29, 0.717) is 16.7 Å². The van der Waals surface area contributed by atoms with Crippen molar-refractivity contribution in [1.82, 2.24) is 9.97 Å². The van der Waals surface area contributed by atoms with Crippen molar-refractivity contribution in [3.63, 3.8) is 0 Å². The summed E-state index contributed by atoms with van der Waals surface area (Å²) in [6.45, 7) is 1.74. The smallest absolute Gasteiger partial charge is 0.309 e. The number of para-hydroxylation sites is 1. The van der Waals surface area contributed by atoms with E-state index in [2.05, 4.69) is 9.97 Å². The van der Waals surface area contributed by atoms with Crippen LogP contribution >= 0.6 is 0 Å². The summed E-state index contributed by atoms with van der Waals surface area (Å²) in [5.41, 5.74) is 0.402. The molecule has 1 N–H and O–H groups in total. The Morgan fingerprint density at radius 1 is 1.33 bits per heavy atom. The molecule has 1 atom stereocenters. The van der Waals surface area contributed by atoms with Gasteiger partial charge in [0.05, 0.1) is 16.8 Å². The molecule has 0 unspecified atom stereocenters. The predicted octanol–water partition coefficient (Wildman–Crippen LogP) is 2.72. The number of hydrogen-bond acceptors (Lipinski definition) is 4. The molecule has 0 spiro atoms. The summed E-state index contributed by atoms with van der Waals surface area (Å²) in [6, 6.07) is 7.12. The fourth-order valence-corrected chi connectivity index (χ4v) is 2.78. The maximum atomic E-state index is 12.0. The first-order chi connectivity index (χ1) is 10.1. The van der Waals surface area contributed by atoms with Gasteiger partial charge < -0.3 is 9.72 Å². The molecule has 1 aromatic carbocycles. The molecule has 0 saturated heterocycles. The molecule has 2 aromatic rings. The van der Waals surface area contributed by atoms with Gasteiger partial charge in [-0.05, 0) is 31.9 Å². The highest BCUT2D eigenvalue weighted by Crippen LogP contribution is 2.27. The molecule has 5 nitrogen and oxygen atoms in total. The molecular formula is C16H18N2O3. The second-order valence-electron chi connectivity index (χ2n) is 5.53. The van der Waals surface area contributed by atoms with Crippen molar-refractivity contribution in [2.24, 2.45) is 5.92 Å². The molecule has 21 heavy (non-hydrogen) atoms. The summed E-state index contributed by atoms with van der Waals surface area (Å²) < 4.78 is 5.45. The molecule has 0 radical (unpaired) electrons. The number of nitrogens with zero attached hydrogens (tertiary/aromatic N) is 1. The van der Waals surface area contributed by atoms with E-state index in [1.807, 2.05) is 6.07 Å². The summed E-state index contributed by atoms with van der Waals surface area (Å²) in [6.07, 6.45) is 3.41. The lowest BCUT2D eigenvalue weighted by atomic mass is 10.1. The van der Waals surface area contributed by atoms with Crippen LogP contribution in [0, 0.1) is 5.92 Å². The highest BCUT2D eigenvalue weighted by molar-refractivity contribution is 5.77. The number of carbonyl (C=O) groups excluding carboxylic acids is 1. The molecule has 0 aliphatic heterocycles. The second kappa shape index (κ2) is 5.68. The number of carbonyl (C=O) groups is 1. The largest absolute Gasteiger partial charge is 0.454 e. The van der Waals surface area contributed by atoms with E-state index >= 15 is 0 Å². The number of esters is 1. The van der Waals surface area contributed by atoms with Gasteiger partial charge in [-0.3, -0.25) is 9.59 Å². The molecule has 1 aliphatic rings. The van der Waals surface area contributed by atoms with Crippen LogP contribution in [0.25, 0.3) is 10.9 Å². The fraction of sp³-hybridized carbons (Fsp3) is 0.438. The van der Waals surface area contributed by atoms with Crippen molar-refractivity contribution < 1.29 is 9.53 Å². The number of nitrogens with one attached hydrogen (secondary N) is 1. The first kappa shape index (κ1) is 13.8. The Labute approximate surface area is 122 Å². The van der Waals surface area contributed by atoms with E-state index < -0.39 is 6.10 Å².